The third-order valence-electron chi connectivity index (χ3n) is 7.14. The average molecular weight is 263 g/mol. The van der Waals surface area contributed by atoms with Crippen LogP contribution in [0.15, 0.2) is 0 Å². The molecule has 6 atom stereocenters. The lowest BCUT2D eigenvalue weighted by Crippen LogP contribution is -2.60. The van der Waals surface area contributed by atoms with Crippen molar-refractivity contribution in [3.63, 3.8) is 0 Å². The monoisotopic (exact) mass is 263 g/mol. The van der Waals surface area contributed by atoms with Crippen LogP contribution < -0.4 is 0 Å². The minimum atomic E-state index is 0.373. The van der Waals surface area contributed by atoms with Crippen molar-refractivity contribution in [3.8, 4) is 0 Å². The summed E-state index contributed by atoms with van der Waals surface area (Å²) in [6.45, 7) is 7.40. The number of amides is 1. The molecular formula is C17H29NO. The Kier molecular flexibility index (Phi) is 3.18. The van der Waals surface area contributed by atoms with Crippen LogP contribution in [-0.2, 0) is 4.79 Å². The first kappa shape index (κ1) is 13.5. The highest BCUT2D eigenvalue weighted by Gasteiger charge is 2.54. The largest absolute Gasteiger partial charge is 0.342 e. The number of hydrogen-bond donors (Lipinski definition) is 0. The van der Waals surface area contributed by atoms with Gasteiger partial charge < -0.3 is 4.90 Å². The number of fused-ring (bicyclic) bond motifs is 3. The molecule has 0 bridgehead atoms. The van der Waals surface area contributed by atoms with Crippen LogP contribution in [0.4, 0.5) is 0 Å². The van der Waals surface area contributed by atoms with E-state index in [-0.39, 0.29) is 0 Å². The zero-order valence-corrected chi connectivity index (χ0v) is 13.0. The fraction of sp³-hybridized carbons (Fsp3) is 0.941. The molecule has 3 fully saturated rings. The molecule has 0 aromatic carbocycles. The molecule has 1 saturated heterocycles. The van der Waals surface area contributed by atoms with Crippen LogP contribution in [0, 0.1) is 29.1 Å². The van der Waals surface area contributed by atoms with Crippen molar-refractivity contribution in [1.29, 1.82) is 0 Å². The van der Waals surface area contributed by atoms with Gasteiger partial charge in [-0.1, -0.05) is 27.2 Å². The lowest BCUT2D eigenvalue weighted by molar-refractivity contribution is -0.153. The van der Waals surface area contributed by atoms with Gasteiger partial charge in [0, 0.05) is 19.5 Å². The molecule has 2 aliphatic carbocycles. The van der Waals surface area contributed by atoms with Crippen molar-refractivity contribution in [2.45, 2.75) is 65.3 Å². The molecule has 0 aromatic rings. The highest BCUT2D eigenvalue weighted by atomic mass is 16.2. The first-order valence-corrected chi connectivity index (χ1v) is 8.21. The fourth-order valence-electron chi connectivity index (χ4n) is 5.63. The summed E-state index contributed by atoms with van der Waals surface area (Å²) in [6.07, 6.45) is 7.26. The molecule has 0 aromatic heterocycles. The second-order valence-corrected chi connectivity index (χ2v) is 7.79. The van der Waals surface area contributed by atoms with Crippen molar-refractivity contribution < 1.29 is 4.79 Å². The fourth-order valence-corrected chi connectivity index (χ4v) is 5.63. The Morgan fingerprint density at radius 1 is 1.16 bits per heavy atom. The van der Waals surface area contributed by atoms with Crippen molar-refractivity contribution in [2.75, 3.05) is 7.05 Å². The molecule has 2 nitrogen and oxygen atoms in total. The Balaban J connectivity index is 1.89. The smallest absolute Gasteiger partial charge is 0.222 e. The van der Waals surface area contributed by atoms with Gasteiger partial charge >= 0.3 is 0 Å². The predicted molar refractivity (Wildman–Crippen MR) is 77.7 cm³/mol. The molecule has 2 saturated carbocycles. The van der Waals surface area contributed by atoms with Gasteiger partial charge in [0.15, 0.2) is 0 Å². The van der Waals surface area contributed by atoms with E-state index < -0.39 is 0 Å². The maximum atomic E-state index is 12.0. The van der Waals surface area contributed by atoms with E-state index in [0.717, 1.165) is 36.5 Å². The zero-order valence-electron chi connectivity index (χ0n) is 13.0. The second kappa shape index (κ2) is 4.49. The molecule has 1 heterocycles. The van der Waals surface area contributed by atoms with Crippen LogP contribution in [0.2, 0.25) is 0 Å². The van der Waals surface area contributed by atoms with Crippen molar-refractivity contribution in [2.24, 2.45) is 29.1 Å². The molecule has 0 spiro atoms. The molecule has 3 aliphatic rings. The maximum absolute atomic E-state index is 12.0. The third-order valence-corrected chi connectivity index (χ3v) is 7.14. The summed E-state index contributed by atoms with van der Waals surface area (Å²) in [5.41, 5.74) is 0.389. The molecule has 4 unspecified atom stereocenters. The molecule has 3 rings (SSSR count). The number of nitrogens with zero attached hydrogens (tertiary/aromatic N) is 1. The average Bonchev–Trinajstić information content (AvgIpc) is 2.39. The normalized spacial score (nSPS) is 50.6. The number of carbonyl (C=O) groups is 1. The number of rotatable bonds is 0. The van der Waals surface area contributed by atoms with Crippen molar-refractivity contribution in [3.05, 3.63) is 0 Å². The summed E-state index contributed by atoms with van der Waals surface area (Å²) in [4.78, 5) is 14.1. The van der Waals surface area contributed by atoms with E-state index in [1.165, 1.54) is 25.7 Å². The molecule has 2 heteroatoms. The Morgan fingerprint density at radius 3 is 2.63 bits per heavy atom. The topological polar surface area (TPSA) is 20.3 Å². The van der Waals surface area contributed by atoms with Gasteiger partial charge in [-0.05, 0) is 54.8 Å². The molecule has 1 aliphatic heterocycles. The highest BCUT2D eigenvalue weighted by molar-refractivity contribution is 5.77. The van der Waals surface area contributed by atoms with Gasteiger partial charge in [0.25, 0.3) is 0 Å². The SMILES string of the molecule is CC1CCC2[C@H](CCC3N(C)C(=O)CC[C@@]23C)C1C. The minimum Gasteiger partial charge on any atom is -0.342 e. The van der Waals surface area contributed by atoms with E-state index in [0.29, 0.717) is 17.4 Å². The van der Waals surface area contributed by atoms with Gasteiger partial charge in [0.1, 0.15) is 0 Å². The van der Waals surface area contributed by atoms with Gasteiger partial charge in [-0.2, -0.15) is 0 Å². The summed E-state index contributed by atoms with van der Waals surface area (Å²) >= 11 is 0. The molecule has 1 amide bonds. The van der Waals surface area contributed by atoms with E-state index in [1.54, 1.807) is 0 Å². The first-order chi connectivity index (χ1) is 8.95. The van der Waals surface area contributed by atoms with E-state index in [2.05, 4.69) is 25.7 Å². The number of likely N-dealkylation sites (tertiary alicyclic amines) is 1. The van der Waals surface area contributed by atoms with Crippen LogP contribution in [0.3, 0.4) is 0 Å². The molecule has 108 valence electrons. The van der Waals surface area contributed by atoms with E-state index >= 15 is 0 Å². The summed E-state index contributed by atoms with van der Waals surface area (Å²) in [7, 11) is 2.04. The van der Waals surface area contributed by atoms with Gasteiger partial charge in [-0.25, -0.2) is 0 Å². The van der Waals surface area contributed by atoms with Crippen LogP contribution in [0.25, 0.3) is 0 Å². The lowest BCUT2D eigenvalue weighted by Gasteiger charge is -2.59. The Bertz CT molecular complexity index is 379. The molecule has 19 heavy (non-hydrogen) atoms. The number of carbonyl (C=O) groups excluding carboxylic acids is 1. The van der Waals surface area contributed by atoms with Crippen LogP contribution in [0.1, 0.15) is 59.3 Å². The van der Waals surface area contributed by atoms with Gasteiger partial charge in [0.2, 0.25) is 5.91 Å². The van der Waals surface area contributed by atoms with E-state index in [1.807, 2.05) is 7.05 Å². The van der Waals surface area contributed by atoms with Crippen molar-refractivity contribution >= 4 is 5.91 Å². The first-order valence-electron chi connectivity index (χ1n) is 8.21. The van der Waals surface area contributed by atoms with Crippen LogP contribution >= 0.6 is 0 Å². The minimum absolute atomic E-state index is 0.373. The maximum Gasteiger partial charge on any atom is 0.222 e. The third kappa shape index (κ3) is 1.86. The number of piperidine rings is 1. The summed E-state index contributed by atoms with van der Waals surface area (Å²) in [5.74, 6) is 3.90. The second-order valence-electron chi connectivity index (χ2n) is 7.79. The van der Waals surface area contributed by atoms with Crippen molar-refractivity contribution in [1.82, 2.24) is 4.90 Å². The van der Waals surface area contributed by atoms with E-state index in [9.17, 15) is 4.79 Å². The molecule has 0 radical (unpaired) electrons. The highest BCUT2D eigenvalue weighted by Crippen LogP contribution is 2.58. The molecular weight excluding hydrogens is 234 g/mol. The summed E-state index contributed by atoms with van der Waals surface area (Å²) < 4.78 is 0. The van der Waals surface area contributed by atoms with Crippen LogP contribution in [-0.4, -0.2) is 23.9 Å². The standard InChI is InChI=1S/C17H29NO/c1-11-5-7-14-13(12(11)2)6-8-15-17(14,3)10-9-16(19)18(15)4/h11-15H,5-10H2,1-4H3/t11?,12?,13-,14?,15?,17+/m1/s1. The van der Waals surface area contributed by atoms with Gasteiger partial charge in [-0.3, -0.25) is 4.79 Å². The summed E-state index contributed by atoms with van der Waals surface area (Å²) in [5, 5.41) is 0. The Hall–Kier alpha value is -0.530. The predicted octanol–water partition coefficient (Wildman–Crippen LogP) is 3.71. The lowest BCUT2D eigenvalue weighted by atomic mass is 9.50. The quantitative estimate of drug-likeness (QED) is 0.652. The van der Waals surface area contributed by atoms with Gasteiger partial charge in [-0.15, -0.1) is 0 Å². The Morgan fingerprint density at radius 2 is 1.89 bits per heavy atom. The molecule has 0 N–H and O–H groups in total. The number of hydrogen-bond acceptors (Lipinski definition) is 1. The van der Waals surface area contributed by atoms with Gasteiger partial charge in [0.05, 0.1) is 0 Å². The Labute approximate surface area is 117 Å². The van der Waals surface area contributed by atoms with E-state index in [4.69, 9.17) is 0 Å². The zero-order chi connectivity index (χ0) is 13.8. The van der Waals surface area contributed by atoms with Crippen LogP contribution in [0.5, 0.6) is 0 Å². The summed E-state index contributed by atoms with van der Waals surface area (Å²) in [6, 6.07) is 0.510.